The van der Waals surface area contributed by atoms with Crippen LogP contribution >= 0.6 is 0 Å². The molecule has 0 bridgehead atoms. The molecule has 0 aliphatic carbocycles. The maximum atomic E-state index is 12.1. The number of hydrogen-bond donors (Lipinski definition) is 1. The second-order valence-corrected chi connectivity index (χ2v) is 6.54. The summed E-state index contributed by atoms with van der Waals surface area (Å²) in [7, 11) is -3.87. The minimum atomic E-state index is -3.87. The number of unbranched alkanes of at least 4 members (excludes halogenated alkanes) is 1. The van der Waals surface area contributed by atoms with Crippen molar-refractivity contribution in [2.24, 2.45) is 5.92 Å². The van der Waals surface area contributed by atoms with E-state index in [1.807, 2.05) is 19.9 Å². The highest BCUT2D eigenvalue weighted by atomic mass is 32.2. The van der Waals surface area contributed by atoms with Crippen molar-refractivity contribution in [3.8, 4) is 6.07 Å². The number of rotatable bonds is 7. The molecule has 1 rings (SSSR count). The number of nitriles is 1. The SMILES string of the molecule is CCCCC(CC)C(=O)NS(=O)(=O)c1ccc(C#N)cc1. The summed E-state index contributed by atoms with van der Waals surface area (Å²) >= 11 is 0. The minimum Gasteiger partial charge on any atom is -0.274 e. The van der Waals surface area contributed by atoms with E-state index in [1.165, 1.54) is 24.3 Å². The Hall–Kier alpha value is -1.87. The van der Waals surface area contributed by atoms with Gasteiger partial charge < -0.3 is 0 Å². The van der Waals surface area contributed by atoms with Gasteiger partial charge in [-0.15, -0.1) is 0 Å². The summed E-state index contributed by atoms with van der Waals surface area (Å²) in [5.74, 6) is -0.756. The van der Waals surface area contributed by atoms with Gasteiger partial charge in [-0.2, -0.15) is 5.26 Å². The van der Waals surface area contributed by atoms with Crippen LogP contribution in [-0.4, -0.2) is 14.3 Å². The quantitative estimate of drug-likeness (QED) is 0.838. The average molecular weight is 308 g/mol. The van der Waals surface area contributed by atoms with Crippen molar-refractivity contribution in [1.82, 2.24) is 4.72 Å². The van der Waals surface area contributed by atoms with Gasteiger partial charge in [0, 0.05) is 5.92 Å². The third kappa shape index (κ3) is 4.87. The Kier molecular flexibility index (Phi) is 6.38. The summed E-state index contributed by atoms with van der Waals surface area (Å²) in [6.07, 6.45) is 3.14. The van der Waals surface area contributed by atoms with Gasteiger partial charge in [-0.1, -0.05) is 26.7 Å². The summed E-state index contributed by atoms with van der Waals surface area (Å²) in [6.45, 7) is 3.90. The molecule has 0 aromatic heterocycles. The van der Waals surface area contributed by atoms with Crippen molar-refractivity contribution in [2.45, 2.75) is 44.4 Å². The molecular weight excluding hydrogens is 288 g/mol. The molecule has 5 nitrogen and oxygen atoms in total. The van der Waals surface area contributed by atoms with Gasteiger partial charge in [-0.25, -0.2) is 13.1 Å². The summed E-state index contributed by atoms with van der Waals surface area (Å²) in [4.78, 5) is 12.0. The van der Waals surface area contributed by atoms with E-state index >= 15 is 0 Å². The highest BCUT2D eigenvalue weighted by Crippen LogP contribution is 2.15. The molecule has 0 aliphatic rings. The van der Waals surface area contributed by atoms with Crippen LogP contribution in [0.4, 0.5) is 0 Å². The van der Waals surface area contributed by atoms with Gasteiger partial charge in [0.25, 0.3) is 10.0 Å². The second-order valence-electron chi connectivity index (χ2n) is 4.85. The molecule has 114 valence electrons. The molecule has 0 aliphatic heterocycles. The number of nitrogens with zero attached hydrogens (tertiary/aromatic N) is 1. The number of carbonyl (C=O) groups is 1. The fourth-order valence-electron chi connectivity index (χ4n) is 1.95. The Bertz CT molecular complexity index is 615. The van der Waals surface area contributed by atoms with Crippen molar-refractivity contribution in [3.63, 3.8) is 0 Å². The normalized spacial score (nSPS) is 12.4. The maximum Gasteiger partial charge on any atom is 0.264 e. The topological polar surface area (TPSA) is 87.0 Å². The number of nitrogens with one attached hydrogen (secondary N) is 1. The lowest BCUT2D eigenvalue weighted by Gasteiger charge is -2.14. The lowest BCUT2D eigenvalue weighted by molar-refractivity contribution is -0.123. The molecule has 1 aromatic rings. The molecule has 21 heavy (non-hydrogen) atoms. The van der Waals surface area contributed by atoms with Crippen LogP contribution in [0.1, 0.15) is 45.1 Å². The van der Waals surface area contributed by atoms with Crippen LogP contribution in [0.25, 0.3) is 0 Å². The minimum absolute atomic E-state index is 0.0137. The monoisotopic (exact) mass is 308 g/mol. The van der Waals surface area contributed by atoms with Crippen LogP contribution in [0.3, 0.4) is 0 Å². The Morgan fingerprint density at radius 3 is 2.38 bits per heavy atom. The summed E-state index contributed by atoms with van der Waals surface area (Å²) in [6, 6.07) is 7.38. The Morgan fingerprint density at radius 2 is 1.90 bits per heavy atom. The van der Waals surface area contributed by atoms with Crippen molar-refractivity contribution < 1.29 is 13.2 Å². The zero-order chi connectivity index (χ0) is 15.9. The zero-order valence-electron chi connectivity index (χ0n) is 12.3. The van der Waals surface area contributed by atoms with Gasteiger partial charge >= 0.3 is 0 Å². The second kappa shape index (κ2) is 7.79. The van der Waals surface area contributed by atoms with Crippen molar-refractivity contribution >= 4 is 15.9 Å². The number of sulfonamides is 1. The van der Waals surface area contributed by atoms with Crippen LogP contribution in [0.15, 0.2) is 29.2 Å². The van der Waals surface area contributed by atoms with E-state index in [0.29, 0.717) is 18.4 Å². The van der Waals surface area contributed by atoms with E-state index in [-0.39, 0.29) is 10.8 Å². The number of carbonyl (C=O) groups excluding carboxylic acids is 1. The van der Waals surface area contributed by atoms with E-state index in [4.69, 9.17) is 5.26 Å². The zero-order valence-corrected chi connectivity index (χ0v) is 13.1. The molecule has 0 fully saturated rings. The molecular formula is C15H20N2O3S. The van der Waals surface area contributed by atoms with Gasteiger partial charge in [0.1, 0.15) is 0 Å². The summed E-state index contributed by atoms with van der Waals surface area (Å²) in [5.41, 5.74) is 0.370. The predicted octanol–water partition coefficient (Wildman–Crippen LogP) is 2.58. The Morgan fingerprint density at radius 1 is 1.29 bits per heavy atom. The lowest BCUT2D eigenvalue weighted by Crippen LogP contribution is -2.35. The fraction of sp³-hybridized carbons (Fsp3) is 0.467. The van der Waals surface area contributed by atoms with E-state index in [0.717, 1.165) is 12.8 Å². The van der Waals surface area contributed by atoms with Gasteiger partial charge in [0.2, 0.25) is 5.91 Å². The van der Waals surface area contributed by atoms with Crippen molar-refractivity contribution in [3.05, 3.63) is 29.8 Å². The molecule has 6 heteroatoms. The molecule has 1 aromatic carbocycles. The first kappa shape index (κ1) is 17.2. The Balaban J connectivity index is 2.83. The van der Waals surface area contributed by atoms with Crippen molar-refractivity contribution in [1.29, 1.82) is 5.26 Å². The average Bonchev–Trinajstić information content (AvgIpc) is 2.47. The number of amides is 1. The van der Waals surface area contributed by atoms with Gasteiger partial charge in [0.05, 0.1) is 16.5 Å². The number of hydrogen-bond acceptors (Lipinski definition) is 4. The largest absolute Gasteiger partial charge is 0.274 e. The van der Waals surface area contributed by atoms with Crippen molar-refractivity contribution in [2.75, 3.05) is 0 Å². The molecule has 1 atom stereocenters. The molecule has 0 spiro atoms. The van der Waals surface area contributed by atoms with E-state index < -0.39 is 15.9 Å². The summed E-state index contributed by atoms with van der Waals surface area (Å²) < 4.78 is 26.4. The van der Waals surface area contributed by atoms with E-state index in [1.54, 1.807) is 0 Å². The van der Waals surface area contributed by atoms with Crippen LogP contribution < -0.4 is 4.72 Å². The smallest absolute Gasteiger partial charge is 0.264 e. The molecule has 0 saturated carbocycles. The summed E-state index contributed by atoms with van der Waals surface area (Å²) in [5, 5.41) is 8.69. The molecule has 1 unspecified atom stereocenters. The fourth-order valence-corrected chi connectivity index (χ4v) is 3.00. The molecule has 1 N–H and O–H groups in total. The van der Waals surface area contributed by atoms with Gasteiger partial charge in [0.15, 0.2) is 0 Å². The molecule has 0 saturated heterocycles. The predicted molar refractivity (Wildman–Crippen MR) is 79.8 cm³/mol. The molecule has 0 heterocycles. The lowest BCUT2D eigenvalue weighted by atomic mass is 9.99. The van der Waals surface area contributed by atoms with E-state index in [2.05, 4.69) is 4.72 Å². The first-order valence-electron chi connectivity index (χ1n) is 7.01. The first-order chi connectivity index (χ1) is 9.94. The standard InChI is InChI=1S/C15H20N2O3S/c1-3-5-6-13(4-2)15(18)17-21(19,20)14-9-7-12(11-16)8-10-14/h7-10,13H,3-6H2,1-2H3,(H,17,18). The van der Waals surface area contributed by atoms with E-state index in [9.17, 15) is 13.2 Å². The van der Waals surface area contributed by atoms with Gasteiger partial charge in [-0.05, 0) is 37.1 Å². The highest BCUT2D eigenvalue weighted by Gasteiger charge is 2.23. The molecule has 0 radical (unpaired) electrons. The molecule has 1 amide bonds. The third-order valence-corrected chi connectivity index (χ3v) is 4.66. The van der Waals surface area contributed by atoms with Crippen LogP contribution in [-0.2, 0) is 14.8 Å². The van der Waals surface area contributed by atoms with Crippen LogP contribution in [0, 0.1) is 17.2 Å². The maximum absolute atomic E-state index is 12.1. The number of benzene rings is 1. The highest BCUT2D eigenvalue weighted by molar-refractivity contribution is 7.90. The van der Waals surface area contributed by atoms with Gasteiger partial charge in [-0.3, -0.25) is 4.79 Å². The van der Waals surface area contributed by atoms with Crippen LogP contribution in [0.2, 0.25) is 0 Å². The Labute approximate surface area is 126 Å². The first-order valence-corrected chi connectivity index (χ1v) is 8.49. The third-order valence-electron chi connectivity index (χ3n) is 3.30. The van der Waals surface area contributed by atoms with Crippen LogP contribution in [0.5, 0.6) is 0 Å².